The van der Waals surface area contributed by atoms with E-state index in [1.165, 1.54) is 37.8 Å². The number of benzene rings is 1. The number of nitrogen functional groups attached to an aromatic ring is 1. The predicted molar refractivity (Wildman–Crippen MR) is 67.1 cm³/mol. The zero-order valence-corrected chi connectivity index (χ0v) is 10.1. The first kappa shape index (κ1) is 12.4. The van der Waals surface area contributed by atoms with Gasteiger partial charge >= 0.3 is 0 Å². The third-order valence-electron chi connectivity index (χ3n) is 3.38. The summed E-state index contributed by atoms with van der Waals surface area (Å²) >= 11 is 0. The van der Waals surface area contributed by atoms with Crippen molar-refractivity contribution in [3.63, 3.8) is 0 Å². The first-order valence-corrected chi connectivity index (χ1v) is 6.41. The summed E-state index contributed by atoms with van der Waals surface area (Å²) in [4.78, 5) is 0. The summed E-state index contributed by atoms with van der Waals surface area (Å²) in [6, 6.07) is 4.44. The monoisotopic (exact) mass is 237 g/mol. The quantitative estimate of drug-likeness (QED) is 0.643. The summed E-state index contributed by atoms with van der Waals surface area (Å²) < 4.78 is 18.9. The van der Waals surface area contributed by atoms with Gasteiger partial charge in [-0.2, -0.15) is 0 Å². The van der Waals surface area contributed by atoms with E-state index in [1.54, 1.807) is 6.07 Å². The lowest BCUT2D eigenvalue weighted by Gasteiger charge is -2.16. The van der Waals surface area contributed by atoms with Gasteiger partial charge in [0.25, 0.3) is 0 Å². The minimum absolute atomic E-state index is 0.251. The molecule has 3 heteroatoms. The largest absolute Gasteiger partial charge is 0.398 e. The van der Waals surface area contributed by atoms with Crippen LogP contribution in [-0.2, 0) is 11.3 Å². The Kier molecular flexibility index (Phi) is 4.37. The number of halogens is 1. The Morgan fingerprint density at radius 2 is 1.88 bits per heavy atom. The van der Waals surface area contributed by atoms with Gasteiger partial charge in [-0.25, -0.2) is 4.39 Å². The summed E-state index contributed by atoms with van der Waals surface area (Å²) in [5.41, 5.74) is 7.16. The van der Waals surface area contributed by atoms with Gasteiger partial charge in [0.2, 0.25) is 0 Å². The van der Waals surface area contributed by atoms with Crippen molar-refractivity contribution < 1.29 is 9.13 Å². The fourth-order valence-electron chi connectivity index (χ4n) is 2.32. The number of ether oxygens (including phenoxy) is 1. The minimum atomic E-state index is -0.251. The highest BCUT2D eigenvalue weighted by molar-refractivity contribution is 5.46. The van der Waals surface area contributed by atoms with E-state index in [4.69, 9.17) is 10.5 Å². The molecule has 0 spiro atoms. The van der Waals surface area contributed by atoms with Gasteiger partial charge in [0, 0.05) is 11.3 Å². The molecule has 0 atom stereocenters. The van der Waals surface area contributed by atoms with E-state index in [-0.39, 0.29) is 5.82 Å². The molecule has 0 bridgehead atoms. The van der Waals surface area contributed by atoms with Gasteiger partial charge in [-0.05, 0) is 31.0 Å². The third-order valence-corrected chi connectivity index (χ3v) is 3.38. The first-order valence-electron chi connectivity index (χ1n) is 6.41. The second kappa shape index (κ2) is 6.01. The van der Waals surface area contributed by atoms with E-state index in [2.05, 4.69) is 0 Å². The molecule has 1 aromatic rings. The Labute approximate surface area is 102 Å². The standard InChI is InChI=1S/C14H20FNO/c15-12-7-8-14(16)11(9-12)10-17-13-5-3-1-2-4-6-13/h7-9,13H,1-6,10,16H2. The second-order valence-corrected chi connectivity index (χ2v) is 4.77. The molecule has 0 unspecified atom stereocenters. The van der Waals surface area contributed by atoms with Crippen LogP contribution in [0.1, 0.15) is 44.1 Å². The van der Waals surface area contributed by atoms with Gasteiger partial charge in [0.05, 0.1) is 12.7 Å². The predicted octanol–water partition coefficient (Wildman–Crippen LogP) is 3.65. The Hall–Kier alpha value is -1.09. The maximum atomic E-state index is 13.1. The second-order valence-electron chi connectivity index (χ2n) is 4.77. The van der Waals surface area contributed by atoms with Crippen molar-refractivity contribution >= 4 is 5.69 Å². The zero-order valence-electron chi connectivity index (χ0n) is 10.1. The maximum Gasteiger partial charge on any atom is 0.123 e. The molecule has 94 valence electrons. The molecule has 0 aromatic heterocycles. The highest BCUT2D eigenvalue weighted by atomic mass is 19.1. The number of anilines is 1. The molecule has 17 heavy (non-hydrogen) atoms. The van der Waals surface area contributed by atoms with Crippen molar-refractivity contribution in [1.29, 1.82) is 0 Å². The fourth-order valence-corrected chi connectivity index (χ4v) is 2.32. The molecule has 2 nitrogen and oxygen atoms in total. The molecule has 0 heterocycles. The van der Waals surface area contributed by atoms with E-state index in [9.17, 15) is 4.39 Å². The fraction of sp³-hybridized carbons (Fsp3) is 0.571. The van der Waals surface area contributed by atoms with Crippen LogP contribution in [0.25, 0.3) is 0 Å². The average molecular weight is 237 g/mol. The SMILES string of the molecule is Nc1ccc(F)cc1COC1CCCCCC1. The molecular formula is C14H20FNO. The lowest BCUT2D eigenvalue weighted by Crippen LogP contribution is -2.12. The molecule has 1 aliphatic rings. The molecule has 0 aliphatic heterocycles. The molecule has 2 rings (SSSR count). The smallest absolute Gasteiger partial charge is 0.123 e. The molecule has 1 aliphatic carbocycles. The van der Waals surface area contributed by atoms with Gasteiger partial charge in [-0.15, -0.1) is 0 Å². The van der Waals surface area contributed by atoms with Crippen LogP contribution in [0.15, 0.2) is 18.2 Å². The van der Waals surface area contributed by atoms with Gasteiger partial charge in [0.1, 0.15) is 5.82 Å². The van der Waals surface area contributed by atoms with E-state index in [0.29, 0.717) is 18.4 Å². The maximum absolute atomic E-state index is 13.1. The number of hydrogen-bond acceptors (Lipinski definition) is 2. The van der Waals surface area contributed by atoms with Crippen LogP contribution in [0.5, 0.6) is 0 Å². The van der Waals surface area contributed by atoms with Crippen LogP contribution >= 0.6 is 0 Å². The highest BCUT2D eigenvalue weighted by Crippen LogP contribution is 2.22. The van der Waals surface area contributed by atoms with Gasteiger partial charge in [-0.3, -0.25) is 0 Å². The van der Waals surface area contributed by atoms with Gasteiger partial charge < -0.3 is 10.5 Å². The van der Waals surface area contributed by atoms with Crippen molar-refractivity contribution in [2.45, 2.75) is 51.2 Å². The third kappa shape index (κ3) is 3.70. The first-order chi connectivity index (χ1) is 8.25. The van der Waals surface area contributed by atoms with Gasteiger partial charge in [-0.1, -0.05) is 25.7 Å². The van der Waals surface area contributed by atoms with Crippen LogP contribution < -0.4 is 5.73 Å². The Morgan fingerprint density at radius 1 is 1.18 bits per heavy atom. The summed E-state index contributed by atoms with van der Waals surface area (Å²) in [5, 5.41) is 0. The van der Waals surface area contributed by atoms with Crippen molar-refractivity contribution in [2.75, 3.05) is 5.73 Å². The normalized spacial score (nSPS) is 17.9. The van der Waals surface area contributed by atoms with Gasteiger partial charge in [0.15, 0.2) is 0 Å². The Morgan fingerprint density at radius 3 is 2.59 bits per heavy atom. The summed E-state index contributed by atoms with van der Waals surface area (Å²) in [6.07, 6.45) is 7.65. The molecule has 0 radical (unpaired) electrons. The van der Waals surface area contributed by atoms with Crippen LogP contribution in [0.4, 0.5) is 10.1 Å². The van der Waals surface area contributed by atoms with Crippen LogP contribution in [-0.4, -0.2) is 6.10 Å². The van der Waals surface area contributed by atoms with Crippen LogP contribution in [0.3, 0.4) is 0 Å². The van der Waals surface area contributed by atoms with Crippen molar-refractivity contribution in [3.8, 4) is 0 Å². The van der Waals surface area contributed by atoms with E-state index >= 15 is 0 Å². The summed E-state index contributed by atoms with van der Waals surface area (Å²) in [7, 11) is 0. The van der Waals surface area contributed by atoms with E-state index in [0.717, 1.165) is 18.4 Å². The zero-order chi connectivity index (χ0) is 12.1. The molecule has 1 fully saturated rings. The molecule has 1 aromatic carbocycles. The van der Waals surface area contributed by atoms with Crippen LogP contribution in [0.2, 0.25) is 0 Å². The number of hydrogen-bond donors (Lipinski definition) is 1. The average Bonchev–Trinajstić information content (AvgIpc) is 2.59. The molecule has 0 saturated heterocycles. The van der Waals surface area contributed by atoms with E-state index in [1.807, 2.05) is 0 Å². The minimum Gasteiger partial charge on any atom is -0.398 e. The van der Waals surface area contributed by atoms with Crippen molar-refractivity contribution in [3.05, 3.63) is 29.6 Å². The van der Waals surface area contributed by atoms with E-state index < -0.39 is 0 Å². The van der Waals surface area contributed by atoms with Crippen molar-refractivity contribution in [2.24, 2.45) is 0 Å². The lowest BCUT2D eigenvalue weighted by molar-refractivity contribution is 0.0312. The molecule has 0 amide bonds. The molecular weight excluding hydrogens is 217 g/mol. The number of rotatable bonds is 3. The lowest BCUT2D eigenvalue weighted by atomic mass is 10.1. The molecule has 2 N–H and O–H groups in total. The topological polar surface area (TPSA) is 35.2 Å². The summed E-state index contributed by atoms with van der Waals surface area (Å²) in [6.45, 7) is 0.425. The Bertz CT molecular complexity index is 359. The summed E-state index contributed by atoms with van der Waals surface area (Å²) in [5.74, 6) is -0.251. The highest BCUT2D eigenvalue weighted by Gasteiger charge is 2.13. The molecule has 1 saturated carbocycles. The van der Waals surface area contributed by atoms with Crippen LogP contribution in [0, 0.1) is 5.82 Å². The Balaban J connectivity index is 1.89. The van der Waals surface area contributed by atoms with Crippen molar-refractivity contribution in [1.82, 2.24) is 0 Å². The number of nitrogens with two attached hydrogens (primary N) is 1.